The van der Waals surface area contributed by atoms with Gasteiger partial charge < -0.3 is 49.1 Å². The van der Waals surface area contributed by atoms with Crippen LogP contribution in [0.1, 0.15) is 39.0 Å². The second kappa shape index (κ2) is 15.0. The summed E-state index contributed by atoms with van der Waals surface area (Å²) >= 11 is 0. The van der Waals surface area contributed by atoms with E-state index in [2.05, 4.69) is 20.9 Å². The number of aliphatic imine (C=N–C) groups is 1. The Balaban J connectivity index is 5.47. The maximum atomic E-state index is 12.8. The van der Waals surface area contributed by atoms with Crippen molar-refractivity contribution in [1.29, 1.82) is 0 Å². The molecule has 0 aromatic heterocycles. The minimum Gasteiger partial charge on any atom is -0.481 e. The summed E-state index contributed by atoms with van der Waals surface area (Å²) in [7, 11) is 0. The van der Waals surface area contributed by atoms with Gasteiger partial charge in [-0.05, 0) is 26.2 Å². The van der Waals surface area contributed by atoms with Gasteiger partial charge in [0, 0.05) is 13.0 Å². The zero-order valence-electron chi connectivity index (χ0n) is 18.7. The van der Waals surface area contributed by atoms with Crippen LogP contribution in [0, 0.1) is 0 Å². The van der Waals surface area contributed by atoms with E-state index in [0.717, 1.165) is 0 Å². The first-order valence-electron chi connectivity index (χ1n) is 10.2. The highest BCUT2D eigenvalue weighted by Crippen LogP contribution is 2.04. The van der Waals surface area contributed by atoms with Crippen molar-refractivity contribution < 1.29 is 39.0 Å². The third-order valence-electron chi connectivity index (χ3n) is 4.35. The van der Waals surface area contributed by atoms with Crippen LogP contribution in [0.2, 0.25) is 0 Å². The van der Waals surface area contributed by atoms with Gasteiger partial charge in [0.05, 0.1) is 12.5 Å². The molecule has 0 spiro atoms. The number of amides is 4. The van der Waals surface area contributed by atoms with Crippen molar-refractivity contribution in [2.75, 3.05) is 6.54 Å². The summed E-state index contributed by atoms with van der Waals surface area (Å²) in [5.41, 5.74) is 21.3. The fourth-order valence-corrected chi connectivity index (χ4v) is 2.52. The van der Waals surface area contributed by atoms with Crippen LogP contribution in [0.15, 0.2) is 4.99 Å². The molecule has 0 rings (SSSR count). The molecule has 0 aliphatic carbocycles. The molecule has 0 aliphatic rings. The van der Waals surface area contributed by atoms with Gasteiger partial charge in [0.2, 0.25) is 23.6 Å². The number of aliphatic carboxylic acids is 2. The predicted octanol–water partition coefficient (Wildman–Crippen LogP) is -4.33. The van der Waals surface area contributed by atoms with Gasteiger partial charge in [-0.1, -0.05) is 0 Å². The van der Waals surface area contributed by atoms with Crippen LogP contribution in [0.5, 0.6) is 0 Å². The van der Waals surface area contributed by atoms with E-state index in [-0.39, 0.29) is 38.2 Å². The highest BCUT2D eigenvalue weighted by atomic mass is 16.4. The first-order chi connectivity index (χ1) is 15.7. The molecule has 0 saturated carbocycles. The lowest BCUT2D eigenvalue weighted by Gasteiger charge is -2.24. The molecular formula is C18H32N8O8. The molecule has 0 heterocycles. The van der Waals surface area contributed by atoms with Crippen molar-refractivity contribution >= 4 is 41.5 Å². The Morgan fingerprint density at radius 2 is 1.41 bits per heavy atom. The molecule has 0 saturated heterocycles. The maximum absolute atomic E-state index is 12.8. The molecule has 0 radical (unpaired) electrons. The number of carbonyl (C=O) groups is 6. The summed E-state index contributed by atoms with van der Waals surface area (Å²) in [6, 6.07) is -5.34. The van der Waals surface area contributed by atoms with E-state index in [0.29, 0.717) is 0 Å². The van der Waals surface area contributed by atoms with E-state index in [1.807, 2.05) is 0 Å². The van der Waals surface area contributed by atoms with Gasteiger partial charge >= 0.3 is 11.9 Å². The second-order valence-electron chi connectivity index (χ2n) is 7.35. The van der Waals surface area contributed by atoms with Gasteiger partial charge in [-0.3, -0.25) is 33.8 Å². The summed E-state index contributed by atoms with van der Waals surface area (Å²) in [5.74, 6) is -6.35. The number of hydrogen-bond donors (Lipinski definition) is 9. The summed E-state index contributed by atoms with van der Waals surface area (Å²) in [6.45, 7) is 1.28. The van der Waals surface area contributed by atoms with Crippen molar-refractivity contribution in [3.8, 4) is 0 Å². The maximum Gasteiger partial charge on any atom is 0.325 e. The molecule has 0 fully saturated rings. The Morgan fingerprint density at radius 3 is 1.91 bits per heavy atom. The summed E-state index contributed by atoms with van der Waals surface area (Å²) < 4.78 is 0. The van der Waals surface area contributed by atoms with Gasteiger partial charge in [-0.2, -0.15) is 0 Å². The number of carboxylic acids is 2. The van der Waals surface area contributed by atoms with E-state index in [4.69, 9.17) is 33.1 Å². The number of nitrogens with two attached hydrogens (primary N) is 4. The zero-order valence-corrected chi connectivity index (χ0v) is 18.7. The average Bonchev–Trinajstić information content (AvgIpc) is 2.72. The van der Waals surface area contributed by atoms with Gasteiger partial charge in [-0.15, -0.1) is 0 Å². The molecule has 0 aromatic carbocycles. The average molecular weight is 489 g/mol. The van der Waals surface area contributed by atoms with E-state index in [1.54, 1.807) is 0 Å². The summed E-state index contributed by atoms with van der Waals surface area (Å²) in [5, 5.41) is 24.4. The molecule has 4 amide bonds. The van der Waals surface area contributed by atoms with Gasteiger partial charge in [0.1, 0.15) is 18.1 Å². The number of carboxylic acid groups (broad SMARTS) is 2. The normalized spacial score (nSPS) is 13.9. The largest absolute Gasteiger partial charge is 0.481 e. The van der Waals surface area contributed by atoms with Crippen molar-refractivity contribution in [2.24, 2.45) is 27.9 Å². The highest BCUT2D eigenvalue weighted by molar-refractivity contribution is 5.96. The monoisotopic (exact) mass is 488 g/mol. The first kappa shape index (κ1) is 30.1. The number of primary amides is 1. The number of hydrogen-bond acceptors (Lipinski definition) is 8. The van der Waals surface area contributed by atoms with E-state index < -0.39 is 66.2 Å². The van der Waals surface area contributed by atoms with Gasteiger partial charge in [0.25, 0.3) is 0 Å². The highest BCUT2D eigenvalue weighted by Gasteiger charge is 2.30. The molecule has 0 bridgehead atoms. The lowest BCUT2D eigenvalue weighted by atomic mass is 10.1. The number of nitrogens with zero attached hydrogens (tertiary/aromatic N) is 1. The smallest absolute Gasteiger partial charge is 0.325 e. The lowest BCUT2D eigenvalue weighted by molar-refractivity contribution is -0.142. The Labute approximate surface area is 194 Å². The van der Waals surface area contributed by atoms with Gasteiger partial charge in [-0.25, -0.2) is 0 Å². The van der Waals surface area contributed by atoms with Crippen molar-refractivity contribution in [3.63, 3.8) is 0 Å². The third-order valence-corrected chi connectivity index (χ3v) is 4.35. The van der Waals surface area contributed by atoms with Crippen molar-refractivity contribution in [2.45, 2.75) is 63.2 Å². The Morgan fingerprint density at radius 1 is 0.853 bits per heavy atom. The van der Waals surface area contributed by atoms with Crippen molar-refractivity contribution in [3.05, 3.63) is 0 Å². The van der Waals surface area contributed by atoms with Crippen LogP contribution in [0.4, 0.5) is 0 Å². The van der Waals surface area contributed by atoms with Crippen LogP contribution < -0.4 is 38.9 Å². The quantitative estimate of drug-likeness (QED) is 0.0568. The molecule has 16 heteroatoms. The van der Waals surface area contributed by atoms with Crippen LogP contribution in [0.25, 0.3) is 0 Å². The number of carbonyl (C=O) groups excluding carboxylic acids is 4. The Bertz CT molecular complexity index is 799. The zero-order chi connectivity index (χ0) is 26.4. The first-order valence-corrected chi connectivity index (χ1v) is 10.2. The van der Waals surface area contributed by atoms with Crippen LogP contribution in [0.3, 0.4) is 0 Å². The predicted molar refractivity (Wildman–Crippen MR) is 118 cm³/mol. The molecule has 34 heavy (non-hydrogen) atoms. The molecule has 4 unspecified atom stereocenters. The van der Waals surface area contributed by atoms with Gasteiger partial charge in [0.15, 0.2) is 5.96 Å². The second-order valence-corrected chi connectivity index (χ2v) is 7.35. The van der Waals surface area contributed by atoms with Crippen LogP contribution in [-0.4, -0.2) is 82.5 Å². The molecule has 0 aromatic rings. The summed E-state index contributed by atoms with van der Waals surface area (Å²) in [6.07, 6.45) is -1.02. The number of guanidine groups is 1. The minimum absolute atomic E-state index is 0.0174. The molecule has 13 N–H and O–H groups in total. The topological polar surface area (TPSA) is 295 Å². The minimum atomic E-state index is -1.52. The van der Waals surface area contributed by atoms with Crippen LogP contribution in [-0.2, 0) is 28.8 Å². The molecule has 4 atom stereocenters. The lowest BCUT2D eigenvalue weighted by Crippen LogP contribution is -2.57. The number of nitrogens with one attached hydrogen (secondary N) is 3. The van der Waals surface area contributed by atoms with E-state index >= 15 is 0 Å². The SMILES string of the molecule is CC(NC(=O)C(CC(N)=O)NC(=O)C(CCCN=C(N)N)NC(=O)C(N)CCC(=O)O)C(=O)O. The van der Waals surface area contributed by atoms with E-state index in [1.165, 1.54) is 6.92 Å². The molecule has 16 nitrogen and oxygen atoms in total. The summed E-state index contributed by atoms with van der Waals surface area (Å²) in [4.78, 5) is 74.3. The Hall–Kier alpha value is -3.95. The van der Waals surface area contributed by atoms with E-state index in [9.17, 15) is 28.8 Å². The molecule has 192 valence electrons. The van der Waals surface area contributed by atoms with Crippen LogP contribution >= 0.6 is 0 Å². The standard InChI is InChI=1S/C18H32N8O8/c1-8(17(33)34)24-16(32)11(7-12(20)27)26-15(31)10(3-2-6-23-18(21)22)25-14(30)9(19)4-5-13(28)29/h8-11H,2-7,19H2,1H3,(H2,20,27)(H,24,32)(H,25,30)(H,26,31)(H,28,29)(H,33,34)(H4,21,22,23). The fourth-order valence-electron chi connectivity index (χ4n) is 2.52. The molecular weight excluding hydrogens is 456 g/mol. The number of rotatable bonds is 16. The Kier molecular flexibility index (Phi) is 13.2. The molecule has 0 aliphatic heterocycles. The van der Waals surface area contributed by atoms with Crippen molar-refractivity contribution in [1.82, 2.24) is 16.0 Å². The fraction of sp³-hybridized carbons (Fsp3) is 0.611. The third kappa shape index (κ3) is 12.8.